The molecule has 60 valence electrons. The van der Waals surface area contributed by atoms with E-state index in [0.717, 1.165) is 0 Å². The Morgan fingerprint density at radius 1 is 1.60 bits per heavy atom. The molecule has 1 atom stereocenters. The summed E-state index contributed by atoms with van der Waals surface area (Å²) >= 11 is 1.65. The van der Waals surface area contributed by atoms with Crippen molar-refractivity contribution in [2.45, 2.75) is 5.25 Å². The van der Waals surface area contributed by atoms with Gasteiger partial charge in [-0.25, -0.2) is 8.42 Å². The summed E-state index contributed by atoms with van der Waals surface area (Å²) in [5, 5.41) is -0.220. The van der Waals surface area contributed by atoms with Crippen LogP contribution in [0, 0.1) is 0 Å². The van der Waals surface area contributed by atoms with E-state index >= 15 is 0 Å². The minimum atomic E-state index is -3.01. The van der Waals surface area contributed by atoms with E-state index in [4.69, 9.17) is 0 Å². The van der Waals surface area contributed by atoms with Crippen LogP contribution in [0.4, 0.5) is 0 Å². The van der Waals surface area contributed by atoms with Crippen molar-refractivity contribution in [2.75, 3.05) is 13.1 Å². The summed E-state index contributed by atoms with van der Waals surface area (Å²) in [6.07, 6.45) is 0. The van der Waals surface area contributed by atoms with Crippen LogP contribution in [0.5, 0.6) is 0 Å². The Morgan fingerprint density at radius 2 is 2.10 bits per heavy atom. The molecule has 4 nitrogen and oxygen atoms in total. The van der Waals surface area contributed by atoms with E-state index in [1.54, 1.807) is 22.9 Å². The topological polar surface area (TPSA) is 49.4 Å². The summed E-state index contributed by atoms with van der Waals surface area (Å²) in [5.74, 6) is 0. The lowest BCUT2D eigenvalue weighted by atomic mass is 10.3. The van der Waals surface area contributed by atoms with Gasteiger partial charge in [0.25, 0.3) is 0 Å². The maximum absolute atomic E-state index is 11.0. The third-order valence-corrected chi connectivity index (χ3v) is 5.08. The Balaban J connectivity index is 2.53. The van der Waals surface area contributed by atoms with Gasteiger partial charge in [-0.15, -0.1) is 0 Å². The molecule has 1 aliphatic heterocycles. The molecule has 0 radical (unpaired) electrons. The third-order valence-electron chi connectivity index (χ3n) is 1.42. The highest BCUT2D eigenvalue weighted by molar-refractivity contribution is 14.1. The Labute approximate surface area is 76.5 Å². The zero-order valence-electron chi connectivity index (χ0n) is 5.12. The first-order valence-corrected chi connectivity index (χ1v) is 5.81. The summed E-state index contributed by atoms with van der Waals surface area (Å²) < 4.78 is 26.1. The second-order valence-corrected chi connectivity index (χ2v) is 6.16. The highest BCUT2D eigenvalue weighted by Crippen LogP contribution is 2.18. The summed E-state index contributed by atoms with van der Waals surface area (Å²) in [6.45, 7) is 1.23. The van der Waals surface area contributed by atoms with Crippen molar-refractivity contribution >= 4 is 42.3 Å². The molecular formula is C3H8IN2O2PS. The van der Waals surface area contributed by atoms with Crippen molar-refractivity contribution < 1.29 is 8.42 Å². The molecule has 0 spiro atoms. The van der Waals surface area contributed by atoms with Crippen molar-refractivity contribution in [1.82, 2.24) is 7.61 Å². The maximum atomic E-state index is 11.0. The SMILES string of the molecule is O=S(=O)(NI)C1CN(P)C1. The number of hydrogen-bond donors (Lipinski definition) is 1. The monoisotopic (exact) mass is 294 g/mol. The van der Waals surface area contributed by atoms with Gasteiger partial charge in [-0.3, -0.25) is 4.67 Å². The fourth-order valence-electron chi connectivity index (χ4n) is 0.729. The van der Waals surface area contributed by atoms with Crippen LogP contribution >= 0.6 is 32.3 Å². The van der Waals surface area contributed by atoms with Gasteiger partial charge < -0.3 is 0 Å². The molecule has 1 saturated heterocycles. The van der Waals surface area contributed by atoms with Crippen LogP contribution in [0.3, 0.4) is 0 Å². The third kappa shape index (κ3) is 1.79. The van der Waals surface area contributed by atoms with Gasteiger partial charge in [-0.2, -0.15) is 2.94 Å². The van der Waals surface area contributed by atoms with Gasteiger partial charge in [0.15, 0.2) is 0 Å². The van der Waals surface area contributed by atoms with Crippen LogP contribution in [-0.4, -0.2) is 31.4 Å². The molecule has 1 fully saturated rings. The lowest BCUT2D eigenvalue weighted by molar-refractivity contribution is 0.341. The number of halogens is 1. The fraction of sp³-hybridized carbons (Fsp3) is 1.00. The van der Waals surface area contributed by atoms with Gasteiger partial charge in [0, 0.05) is 36.0 Å². The van der Waals surface area contributed by atoms with Gasteiger partial charge in [0.05, 0.1) is 0 Å². The average molecular weight is 294 g/mol. The van der Waals surface area contributed by atoms with Gasteiger partial charge in [0.1, 0.15) is 5.25 Å². The van der Waals surface area contributed by atoms with E-state index in [2.05, 4.69) is 12.3 Å². The Morgan fingerprint density at radius 3 is 2.40 bits per heavy atom. The fourth-order valence-corrected chi connectivity index (χ4v) is 3.52. The Bertz CT molecular complexity index is 213. The van der Waals surface area contributed by atoms with E-state index in [-0.39, 0.29) is 5.25 Å². The van der Waals surface area contributed by atoms with Crippen LogP contribution in [0.2, 0.25) is 0 Å². The van der Waals surface area contributed by atoms with Gasteiger partial charge in [-0.05, 0) is 0 Å². The van der Waals surface area contributed by atoms with Gasteiger partial charge in [-0.1, -0.05) is 9.39 Å². The zero-order chi connectivity index (χ0) is 7.78. The first kappa shape index (κ1) is 9.12. The molecule has 1 aliphatic rings. The largest absolute Gasteiger partial charge is 0.285 e. The minimum absolute atomic E-state index is 0.220. The molecule has 0 amide bonds. The molecule has 1 rings (SSSR count). The van der Waals surface area contributed by atoms with Crippen molar-refractivity contribution in [3.63, 3.8) is 0 Å². The Kier molecular flexibility index (Phi) is 2.90. The molecule has 1 unspecified atom stereocenters. The minimum Gasteiger partial charge on any atom is -0.285 e. The summed E-state index contributed by atoms with van der Waals surface area (Å²) in [6, 6.07) is 0. The highest BCUT2D eigenvalue weighted by atomic mass is 127. The second kappa shape index (κ2) is 3.18. The zero-order valence-corrected chi connectivity index (χ0v) is 9.25. The van der Waals surface area contributed by atoms with Crippen LogP contribution in [-0.2, 0) is 10.0 Å². The first-order valence-electron chi connectivity index (χ1n) is 2.67. The Hall–Kier alpha value is 1.03. The summed E-state index contributed by atoms with van der Waals surface area (Å²) in [4.78, 5) is 0. The van der Waals surface area contributed by atoms with E-state index in [1.165, 1.54) is 0 Å². The van der Waals surface area contributed by atoms with Crippen LogP contribution in [0.15, 0.2) is 0 Å². The lowest BCUT2D eigenvalue weighted by Gasteiger charge is -2.34. The molecule has 0 aromatic heterocycles. The van der Waals surface area contributed by atoms with Crippen LogP contribution < -0.4 is 2.94 Å². The predicted octanol–water partition coefficient (Wildman–Crippen LogP) is -0.270. The second-order valence-electron chi connectivity index (χ2n) is 2.20. The highest BCUT2D eigenvalue weighted by Gasteiger charge is 2.34. The smallest absolute Gasteiger partial charge is 0.225 e. The molecule has 7 heteroatoms. The van der Waals surface area contributed by atoms with E-state index in [9.17, 15) is 8.42 Å². The number of rotatable bonds is 2. The molecule has 0 aromatic rings. The van der Waals surface area contributed by atoms with E-state index < -0.39 is 10.0 Å². The van der Waals surface area contributed by atoms with E-state index in [1.807, 2.05) is 4.67 Å². The molecule has 1 N–H and O–H groups in total. The van der Waals surface area contributed by atoms with Crippen molar-refractivity contribution in [2.24, 2.45) is 0 Å². The molecule has 0 saturated carbocycles. The van der Waals surface area contributed by atoms with Gasteiger partial charge in [0.2, 0.25) is 10.0 Å². The van der Waals surface area contributed by atoms with Crippen molar-refractivity contribution in [1.29, 1.82) is 0 Å². The maximum Gasteiger partial charge on any atom is 0.225 e. The van der Waals surface area contributed by atoms with Crippen molar-refractivity contribution in [3.8, 4) is 0 Å². The first-order chi connectivity index (χ1) is 4.56. The molecule has 0 aliphatic carbocycles. The average Bonchev–Trinajstić information content (AvgIpc) is 1.81. The quantitative estimate of drug-likeness (QED) is 0.433. The number of nitrogens with zero attached hydrogens (tertiary/aromatic N) is 1. The number of nitrogens with one attached hydrogen (secondary N) is 1. The molecule has 0 aromatic carbocycles. The standard InChI is InChI=1S/C3H8IN2O2PS/c4-5-10(7,8)3-1-6(9)2-3/h3,5H,1-2,9H2. The van der Waals surface area contributed by atoms with Crippen LogP contribution in [0.25, 0.3) is 0 Å². The van der Waals surface area contributed by atoms with Gasteiger partial charge >= 0.3 is 0 Å². The molecular weight excluding hydrogens is 286 g/mol. The normalized spacial score (nSPS) is 22.6. The lowest BCUT2D eigenvalue weighted by Crippen LogP contribution is -2.51. The molecule has 10 heavy (non-hydrogen) atoms. The number of hydrogen-bond acceptors (Lipinski definition) is 3. The number of sulfonamides is 1. The summed E-state index contributed by atoms with van der Waals surface area (Å²) in [7, 11) is -0.551. The van der Waals surface area contributed by atoms with Crippen molar-refractivity contribution in [3.05, 3.63) is 0 Å². The van der Waals surface area contributed by atoms with E-state index in [0.29, 0.717) is 13.1 Å². The van der Waals surface area contributed by atoms with Crippen LogP contribution in [0.1, 0.15) is 0 Å². The summed E-state index contributed by atoms with van der Waals surface area (Å²) in [5.41, 5.74) is 0. The molecule has 1 heterocycles. The predicted molar refractivity (Wildman–Crippen MR) is 51.1 cm³/mol. The molecule has 0 bridgehead atoms.